The zero-order chi connectivity index (χ0) is 20.2. The normalized spacial score (nSPS) is 10.9. The van der Waals surface area contributed by atoms with Gasteiger partial charge in [-0.15, -0.1) is 11.8 Å². The fraction of sp³-hybridized carbons (Fsp3) is 0.304. The van der Waals surface area contributed by atoms with Crippen molar-refractivity contribution in [2.24, 2.45) is 0 Å². The maximum Gasteiger partial charge on any atom is 0.304 e. The van der Waals surface area contributed by atoms with Gasteiger partial charge in [0.1, 0.15) is 0 Å². The zero-order valence-corrected chi connectivity index (χ0v) is 17.0. The summed E-state index contributed by atoms with van der Waals surface area (Å²) in [6.07, 6.45) is 8.17. The molecule has 1 amide bonds. The highest BCUT2D eigenvalue weighted by molar-refractivity contribution is 7.99. The zero-order valence-electron chi connectivity index (χ0n) is 16.2. The van der Waals surface area contributed by atoms with Gasteiger partial charge < -0.3 is 10.4 Å². The lowest BCUT2D eigenvalue weighted by molar-refractivity contribution is -0.136. The fourth-order valence-electron chi connectivity index (χ4n) is 2.66. The first-order valence-electron chi connectivity index (χ1n) is 9.60. The Morgan fingerprint density at radius 2 is 1.82 bits per heavy atom. The van der Waals surface area contributed by atoms with E-state index in [4.69, 9.17) is 5.11 Å². The second kappa shape index (κ2) is 12.0. The van der Waals surface area contributed by atoms with Crippen LogP contribution in [0.4, 0.5) is 5.69 Å². The molecule has 148 valence electrons. The molecule has 0 atom stereocenters. The van der Waals surface area contributed by atoms with Gasteiger partial charge in [-0.05, 0) is 42.2 Å². The molecule has 5 heteroatoms. The second-order valence-corrected chi connectivity index (χ2v) is 7.65. The average molecular weight is 398 g/mol. The number of para-hydroxylation sites is 1. The molecule has 0 saturated heterocycles. The van der Waals surface area contributed by atoms with E-state index >= 15 is 0 Å². The molecule has 0 radical (unpaired) electrons. The Morgan fingerprint density at radius 1 is 1.07 bits per heavy atom. The number of anilines is 1. The summed E-state index contributed by atoms with van der Waals surface area (Å²) in [5.41, 5.74) is 3.00. The lowest BCUT2D eigenvalue weighted by atomic mass is 10.1. The smallest absolute Gasteiger partial charge is 0.304 e. The molecule has 0 aliphatic rings. The number of carbonyl (C=O) groups is 2. The van der Waals surface area contributed by atoms with Crippen LogP contribution in [0.5, 0.6) is 0 Å². The average Bonchev–Trinajstić information content (AvgIpc) is 2.69. The SMILES string of the molecule is CCCCCc1ccc(/C=C/C(=O)Nc2ccccc2SCCC(=O)O)cc1. The minimum Gasteiger partial charge on any atom is -0.481 e. The van der Waals surface area contributed by atoms with Crippen LogP contribution in [0.3, 0.4) is 0 Å². The highest BCUT2D eigenvalue weighted by Crippen LogP contribution is 2.27. The summed E-state index contributed by atoms with van der Waals surface area (Å²) in [5.74, 6) is -0.575. The topological polar surface area (TPSA) is 66.4 Å². The van der Waals surface area contributed by atoms with Crippen molar-refractivity contribution in [3.05, 3.63) is 65.7 Å². The van der Waals surface area contributed by atoms with E-state index in [0.717, 1.165) is 16.9 Å². The van der Waals surface area contributed by atoms with Crippen LogP contribution < -0.4 is 5.32 Å². The van der Waals surface area contributed by atoms with Gasteiger partial charge in [0.25, 0.3) is 0 Å². The predicted molar refractivity (Wildman–Crippen MR) is 117 cm³/mol. The number of thioether (sulfide) groups is 1. The number of rotatable bonds is 11. The van der Waals surface area contributed by atoms with Gasteiger partial charge in [-0.25, -0.2) is 0 Å². The Bertz CT molecular complexity index is 800. The van der Waals surface area contributed by atoms with Crippen LogP contribution in [-0.4, -0.2) is 22.7 Å². The molecule has 0 aliphatic carbocycles. The van der Waals surface area contributed by atoms with E-state index in [2.05, 4.69) is 24.4 Å². The summed E-state index contributed by atoms with van der Waals surface area (Å²) in [6, 6.07) is 15.7. The number of nitrogens with one attached hydrogen (secondary N) is 1. The molecule has 28 heavy (non-hydrogen) atoms. The molecule has 2 rings (SSSR count). The van der Waals surface area contributed by atoms with E-state index in [0.29, 0.717) is 11.4 Å². The van der Waals surface area contributed by atoms with Gasteiger partial charge in [-0.1, -0.05) is 56.2 Å². The van der Waals surface area contributed by atoms with Gasteiger partial charge in [0.05, 0.1) is 12.1 Å². The lowest BCUT2D eigenvalue weighted by Crippen LogP contribution is -2.08. The van der Waals surface area contributed by atoms with E-state index in [-0.39, 0.29) is 12.3 Å². The number of benzene rings is 2. The van der Waals surface area contributed by atoms with E-state index in [1.54, 1.807) is 6.08 Å². The number of aryl methyl sites for hydroxylation is 1. The van der Waals surface area contributed by atoms with Crippen molar-refractivity contribution in [3.8, 4) is 0 Å². The molecule has 0 unspecified atom stereocenters. The van der Waals surface area contributed by atoms with Crippen LogP contribution in [-0.2, 0) is 16.0 Å². The number of aliphatic carboxylic acids is 1. The Kier molecular flexibility index (Phi) is 9.35. The maximum absolute atomic E-state index is 12.3. The molecule has 0 aliphatic heterocycles. The standard InChI is InChI=1S/C23H27NO3S/c1-2-3-4-7-18-10-12-19(13-11-18)14-15-22(25)24-20-8-5-6-9-21(20)28-17-16-23(26)27/h5-6,8-15H,2-4,7,16-17H2,1H3,(H,24,25)(H,26,27)/b15-14+. The third-order valence-corrected chi connectivity index (χ3v) is 5.27. The molecule has 4 nitrogen and oxygen atoms in total. The van der Waals surface area contributed by atoms with E-state index in [1.807, 2.05) is 36.4 Å². The van der Waals surface area contributed by atoms with E-state index in [9.17, 15) is 9.59 Å². The molecule has 0 spiro atoms. The van der Waals surface area contributed by atoms with Crippen molar-refractivity contribution in [2.45, 2.75) is 43.9 Å². The first-order valence-corrected chi connectivity index (χ1v) is 10.6. The van der Waals surface area contributed by atoms with E-state index in [1.165, 1.54) is 42.7 Å². The Morgan fingerprint density at radius 3 is 2.54 bits per heavy atom. The van der Waals surface area contributed by atoms with Gasteiger partial charge in [-0.3, -0.25) is 9.59 Å². The molecule has 0 saturated carbocycles. The lowest BCUT2D eigenvalue weighted by Gasteiger charge is -2.08. The van der Waals surface area contributed by atoms with Crippen molar-refractivity contribution in [2.75, 3.05) is 11.1 Å². The number of hydrogen-bond acceptors (Lipinski definition) is 3. The van der Waals surface area contributed by atoms with E-state index < -0.39 is 5.97 Å². The minimum absolute atomic E-state index is 0.0846. The molecule has 0 fully saturated rings. The second-order valence-electron chi connectivity index (χ2n) is 6.51. The van der Waals surface area contributed by atoms with Crippen molar-refractivity contribution < 1.29 is 14.7 Å². The van der Waals surface area contributed by atoms with Crippen molar-refractivity contribution in [1.82, 2.24) is 0 Å². The van der Waals surface area contributed by atoms with Crippen LogP contribution >= 0.6 is 11.8 Å². The van der Waals surface area contributed by atoms with Crippen LogP contribution in [0.2, 0.25) is 0 Å². The Balaban J connectivity index is 1.90. The molecular weight excluding hydrogens is 370 g/mol. The fourth-order valence-corrected chi connectivity index (χ4v) is 3.61. The number of hydrogen-bond donors (Lipinski definition) is 2. The van der Waals surface area contributed by atoms with Gasteiger partial charge in [-0.2, -0.15) is 0 Å². The van der Waals surface area contributed by atoms with Gasteiger partial charge in [0.2, 0.25) is 5.91 Å². The molecule has 0 aromatic heterocycles. The number of carboxylic acids is 1. The third-order valence-electron chi connectivity index (χ3n) is 4.19. The van der Waals surface area contributed by atoms with Crippen LogP contribution in [0.1, 0.15) is 43.7 Å². The Hall–Kier alpha value is -2.53. The summed E-state index contributed by atoms with van der Waals surface area (Å²) >= 11 is 1.42. The van der Waals surface area contributed by atoms with Gasteiger partial charge >= 0.3 is 5.97 Å². The molecular formula is C23H27NO3S. The summed E-state index contributed by atoms with van der Waals surface area (Å²) in [7, 11) is 0. The van der Waals surface area contributed by atoms with Crippen LogP contribution in [0.15, 0.2) is 59.5 Å². The first kappa shape index (κ1) is 21.8. The molecule has 0 bridgehead atoms. The summed E-state index contributed by atoms with van der Waals surface area (Å²) in [6.45, 7) is 2.20. The van der Waals surface area contributed by atoms with Crippen LogP contribution in [0, 0.1) is 0 Å². The quantitative estimate of drug-likeness (QED) is 0.293. The summed E-state index contributed by atoms with van der Waals surface area (Å²) < 4.78 is 0. The number of carbonyl (C=O) groups excluding carboxylic acids is 1. The summed E-state index contributed by atoms with van der Waals surface area (Å²) in [4.78, 5) is 23.8. The van der Waals surface area contributed by atoms with Crippen LogP contribution in [0.25, 0.3) is 6.08 Å². The minimum atomic E-state index is -0.826. The van der Waals surface area contributed by atoms with Gasteiger partial charge in [0, 0.05) is 16.7 Å². The number of amides is 1. The number of unbranched alkanes of at least 4 members (excludes halogenated alkanes) is 2. The summed E-state index contributed by atoms with van der Waals surface area (Å²) in [5, 5.41) is 11.6. The highest BCUT2D eigenvalue weighted by Gasteiger charge is 2.06. The van der Waals surface area contributed by atoms with Crippen molar-refractivity contribution in [3.63, 3.8) is 0 Å². The molecule has 2 aromatic carbocycles. The largest absolute Gasteiger partial charge is 0.481 e. The molecule has 2 aromatic rings. The monoisotopic (exact) mass is 397 g/mol. The van der Waals surface area contributed by atoms with Gasteiger partial charge in [0.15, 0.2) is 0 Å². The van der Waals surface area contributed by atoms with Crippen molar-refractivity contribution in [1.29, 1.82) is 0 Å². The number of carboxylic acid groups (broad SMARTS) is 1. The molecule has 0 heterocycles. The van der Waals surface area contributed by atoms with Crippen molar-refractivity contribution >= 4 is 35.4 Å². The third kappa shape index (κ3) is 8.01. The Labute approximate surface area is 171 Å². The maximum atomic E-state index is 12.3. The predicted octanol–water partition coefficient (Wildman–Crippen LogP) is 5.64. The first-order chi connectivity index (χ1) is 13.6. The molecule has 2 N–H and O–H groups in total. The highest BCUT2D eigenvalue weighted by atomic mass is 32.2.